The van der Waals surface area contributed by atoms with Crippen molar-refractivity contribution in [2.45, 2.75) is 38.8 Å². The zero-order valence-electron chi connectivity index (χ0n) is 15.3. The van der Waals surface area contributed by atoms with Crippen molar-refractivity contribution in [3.63, 3.8) is 0 Å². The Bertz CT molecular complexity index is 731. The molecule has 3 rings (SSSR count). The SMILES string of the molecule is CSc1nc(C)c(C)c(OCC2CCN(c3ccnc(C)n3)CC2)n1. The first kappa shape index (κ1) is 17.9. The lowest BCUT2D eigenvalue weighted by Gasteiger charge is -2.32. The average Bonchev–Trinajstić information content (AvgIpc) is 2.63. The molecule has 0 aromatic carbocycles. The average molecular weight is 359 g/mol. The van der Waals surface area contributed by atoms with Crippen LogP contribution in [-0.4, -0.2) is 45.9 Å². The van der Waals surface area contributed by atoms with Crippen LogP contribution in [0.5, 0.6) is 5.88 Å². The summed E-state index contributed by atoms with van der Waals surface area (Å²) in [7, 11) is 0. The van der Waals surface area contributed by atoms with Crippen LogP contribution in [0.15, 0.2) is 17.4 Å². The quantitative estimate of drug-likeness (QED) is 0.600. The van der Waals surface area contributed by atoms with E-state index < -0.39 is 0 Å². The van der Waals surface area contributed by atoms with E-state index in [1.54, 1.807) is 11.8 Å². The molecule has 25 heavy (non-hydrogen) atoms. The second-order valence-corrected chi connectivity index (χ2v) is 7.20. The van der Waals surface area contributed by atoms with Crippen molar-refractivity contribution in [1.29, 1.82) is 0 Å². The minimum Gasteiger partial charge on any atom is -0.477 e. The van der Waals surface area contributed by atoms with Gasteiger partial charge in [0.15, 0.2) is 5.16 Å². The summed E-state index contributed by atoms with van der Waals surface area (Å²) < 4.78 is 6.05. The van der Waals surface area contributed by atoms with Crippen LogP contribution in [-0.2, 0) is 0 Å². The van der Waals surface area contributed by atoms with Gasteiger partial charge in [-0.2, -0.15) is 4.98 Å². The Morgan fingerprint density at radius 3 is 2.60 bits per heavy atom. The molecule has 6 nitrogen and oxygen atoms in total. The number of hydrogen-bond donors (Lipinski definition) is 0. The molecule has 0 bridgehead atoms. The van der Waals surface area contributed by atoms with Crippen molar-refractivity contribution >= 4 is 17.6 Å². The van der Waals surface area contributed by atoms with Crippen molar-refractivity contribution in [2.24, 2.45) is 5.92 Å². The summed E-state index contributed by atoms with van der Waals surface area (Å²) in [4.78, 5) is 20.0. The summed E-state index contributed by atoms with van der Waals surface area (Å²) in [6.45, 7) is 8.67. The van der Waals surface area contributed by atoms with Gasteiger partial charge in [0.1, 0.15) is 11.6 Å². The van der Waals surface area contributed by atoms with Crippen LogP contribution in [0.1, 0.15) is 29.9 Å². The molecule has 1 fully saturated rings. The molecule has 0 aliphatic carbocycles. The van der Waals surface area contributed by atoms with Crippen LogP contribution in [0.3, 0.4) is 0 Å². The zero-order chi connectivity index (χ0) is 17.8. The van der Waals surface area contributed by atoms with Gasteiger partial charge in [0.2, 0.25) is 5.88 Å². The van der Waals surface area contributed by atoms with E-state index in [4.69, 9.17) is 4.74 Å². The number of piperidine rings is 1. The smallest absolute Gasteiger partial charge is 0.220 e. The van der Waals surface area contributed by atoms with Crippen LogP contribution in [0.25, 0.3) is 0 Å². The topological polar surface area (TPSA) is 64.0 Å². The van der Waals surface area contributed by atoms with Crippen molar-refractivity contribution in [3.8, 4) is 5.88 Å². The summed E-state index contributed by atoms with van der Waals surface area (Å²) in [5, 5.41) is 0.770. The number of aromatic nitrogens is 4. The number of thioether (sulfide) groups is 1. The van der Waals surface area contributed by atoms with Crippen LogP contribution in [0, 0.1) is 26.7 Å². The van der Waals surface area contributed by atoms with E-state index in [-0.39, 0.29) is 0 Å². The Balaban J connectivity index is 1.55. The highest BCUT2D eigenvalue weighted by Crippen LogP contribution is 2.25. The van der Waals surface area contributed by atoms with Gasteiger partial charge in [-0.1, -0.05) is 11.8 Å². The molecule has 0 spiro atoms. The molecular formula is C18H25N5OS. The molecule has 2 aromatic heterocycles. The number of rotatable bonds is 5. The molecule has 1 aliphatic rings. The second kappa shape index (κ2) is 7.99. The van der Waals surface area contributed by atoms with Crippen LogP contribution in [0.2, 0.25) is 0 Å². The first-order chi connectivity index (χ1) is 12.1. The molecule has 0 radical (unpaired) electrons. The highest BCUT2D eigenvalue weighted by atomic mass is 32.2. The monoisotopic (exact) mass is 359 g/mol. The zero-order valence-corrected chi connectivity index (χ0v) is 16.1. The molecule has 1 saturated heterocycles. The lowest BCUT2D eigenvalue weighted by Crippen LogP contribution is -2.36. The predicted molar refractivity (Wildman–Crippen MR) is 100 cm³/mol. The summed E-state index contributed by atoms with van der Waals surface area (Å²) >= 11 is 1.55. The van der Waals surface area contributed by atoms with Gasteiger partial charge in [0.25, 0.3) is 0 Å². The number of nitrogens with zero attached hydrogens (tertiary/aromatic N) is 5. The van der Waals surface area contributed by atoms with E-state index in [9.17, 15) is 0 Å². The first-order valence-corrected chi connectivity index (χ1v) is 9.86. The Morgan fingerprint density at radius 2 is 1.92 bits per heavy atom. The maximum Gasteiger partial charge on any atom is 0.220 e. The number of anilines is 1. The standard InChI is InChI=1S/C18H25N5OS/c1-12-13(2)20-18(25-4)22-17(12)24-11-15-6-9-23(10-7-15)16-5-8-19-14(3)21-16/h5,8,15H,6-7,9-11H2,1-4H3. The molecule has 1 aliphatic heterocycles. The summed E-state index contributed by atoms with van der Waals surface area (Å²) in [5.41, 5.74) is 2.02. The third-order valence-corrected chi connectivity index (χ3v) is 5.21. The van der Waals surface area contributed by atoms with E-state index in [0.29, 0.717) is 12.5 Å². The molecule has 3 heterocycles. The molecule has 0 N–H and O–H groups in total. The lowest BCUT2D eigenvalue weighted by atomic mass is 9.98. The van der Waals surface area contributed by atoms with Crippen LogP contribution in [0.4, 0.5) is 5.82 Å². The van der Waals surface area contributed by atoms with E-state index in [1.807, 2.05) is 39.3 Å². The maximum absolute atomic E-state index is 6.05. The van der Waals surface area contributed by atoms with E-state index >= 15 is 0 Å². The summed E-state index contributed by atoms with van der Waals surface area (Å²) in [5.74, 6) is 3.12. The highest BCUT2D eigenvalue weighted by molar-refractivity contribution is 7.98. The summed E-state index contributed by atoms with van der Waals surface area (Å²) in [6.07, 6.45) is 6.01. The van der Waals surface area contributed by atoms with Gasteiger partial charge >= 0.3 is 0 Å². The second-order valence-electron chi connectivity index (χ2n) is 6.43. The van der Waals surface area contributed by atoms with Gasteiger partial charge in [-0.3, -0.25) is 0 Å². The Hall–Kier alpha value is -1.89. The predicted octanol–water partition coefficient (Wildman–Crippen LogP) is 3.21. The lowest BCUT2D eigenvalue weighted by molar-refractivity contribution is 0.213. The van der Waals surface area contributed by atoms with Crippen molar-refractivity contribution in [3.05, 3.63) is 29.3 Å². The molecular weight excluding hydrogens is 334 g/mol. The molecule has 0 unspecified atom stereocenters. The fourth-order valence-corrected chi connectivity index (χ4v) is 3.36. The van der Waals surface area contributed by atoms with E-state index in [2.05, 4.69) is 24.8 Å². The number of ether oxygens (including phenoxy) is 1. The maximum atomic E-state index is 6.05. The molecule has 0 atom stereocenters. The normalized spacial score (nSPS) is 15.4. The molecule has 7 heteroatoms. The molecule has 2 aromatic rings. The largest absolute Gasteiger partial charge is 0.477 e. The van der Waals surface area contributed by atoms with Crippen molar-refractivity contribution < 1.29 is 4.74 Å². The Labute approximate surface area is 153 Å². The minimum absolute atomic E-state index is 0.548. The Morgan fingerprint density at radius 1 is 1.16 bits per heavy atom. The fraction of sp³-hybridized carbons (Fsp3) is 0.556. The van der Waals surface area contributed by atoms with E-state index in [1.165, 1.54) is 0 Å². The molecule has 134 valence electrons. The van der Waals surface area contributed by atoms with Crippen LogP contribution < -0.4 is 9.64 Å². The number of aryl methyl sites for hydroxylation is 2. The van der Waals surface area contributed by atoms with Crippen molar-refractivity contribution in [2.75, 3.05) is 30.9 Å². The Kier molecular flexibility index (Phi) is 5.73. The van der Waals surface area contributed by atoms with Gasteiger partial charge in [-0.05, 0) is 51.9 Å². The molecule has 0 amide bonds. The van der Waals surface area contributed by atoms with Gasteiger partial charge in [-0.25, -0.2) is 15.0 Å². The third-order valence-electron chi connectivity index (χ3n) is 4.66. The number of hydrogen-bond acceptors (Lipinski definition) is 7. The van der Waals surface area contributed by atoms with Gasteiger partial charge in [-0.15, -0.1) is 0 Å². The minimum atomic E-state index is 0.548. The highest BCUT2D eigenvalue weighted by Gasteiger charge is 2.21. The summed E-state index contributed by atoms with van der Waals surface area (Å²) in [6, 6.07) is 1.99. The fourth-order valence-electron chi connectivity index (χ4n) is 2.95. The third kappa shape index (κ3) is 4.39. The van der Waals surface area contributed by atoms with Gasteiger partial charge in [0.05, 0.1) is 6.61 Å². The molecule has 0 saturated carbocycles. The first-order valence-electron chi connectivity index (χ1n) is 8.63. The van der Waals surface area contributed by atoms with Crippen molar-refractivity contribution in [1.82, 2.24) is 19.9 Å². The van der Waals surface area contributed by atoms with E-state index in [0.717, 1.165) is 59.9 Å². The van der Waals surface area contributed by atoms with Gasteiger partial charge < -0.3 is 9.64 Å². The van der Waals surface area contributed by atoms with Gasteiger partial charge in [0, 0.05) is 30.5 Å². The van der Waals surface area contributed by atoms with Crippen LogP contribution >= 0.6 is 11.8 Å².